The molecule has 162 valence electrons. The summed E-state index contributed by atoms with van der Waals surface area (Å²) in [5.74, 6) is -1.08. The van der Waals surface area contributed by atoms with Crippen LogP contribution in [-0.2, 0) is 33.3 Å². The number of esters is 2. The Bertz CT molecular complexity index is 743. The fourth-order valence-corrected chi connectivity index (χ4v) is 4.66. The van der Waals surface area contributed by atoms with Gasteiger partial charge in [0.2, 0.25) is 0 Å². The first-order valence-corrected chi connectivity index (χ1v) is 10.3. The zero-order valence-electron chi connectivity index (χ0n) is 18.2. The van der Waals surface area contributed by atoms with Crippen LogP contribution in [0.25, 0.3) is 0 Å². The van der Waals surface area contributed by atoms with Gasteiger partial charge < -0.3 is 18.9 Å². The Labute approximate surface area is 172 Å². The van der Waals surface area contributed by atoms with Crippen LogP contribution >= 0.6 is 0 Å². The Hall–Kier alpha value is -1.73. The molecular weight excluding hydrogens is 376 g/mol. The van der Waals surface area contributed by atoms with Crippen LogP contribution in [0.1, 0.15) is 67.2 Å². The van der Waals surface area contributed by atoms with Gasteiger partial charge in [-0.2, -0.15) is 0 Å². The predicted octanol–water partition coefficient (Wildman–Crippen LogP) is 2.89. The fourth-order valence-electron chi connectivity index (χ4n) is 4.66. The molecule has 3 aliphatic rings. The summed E-state index contributed by atoms with van der Waals surface area (Å²) in [4.78, 5) is 36.7. The Kier molecular flexibility index (Phi) is 5.69. The monoisotopic (exact) mass is 408 g/mol. The number of hydrogen-bond acceptors (Lipinski definition) is 7. The third-order valence-corrected chi connectivity index (χ3v) is 6.77. The van der Waals surface area contributed by atoms with Crippen molar-refractivity contribution >= 4 is 17.7 Å². The first-order valence-electron chi connectivity index (χ1n) is 10.3. The molecule has 2 aliphatic heterocycles. The van der Waals surface area contributed by atoms with Gasteiger partial charge in [0.15, 0.2) is 5.78 Å². The molecule has 6 unspecified atom stereocenters. The smallest absolute Gasteiger partial charge is 0.333 e. The summed E-state index contributed by atoms with van der Waals surface area (Å²) in [7, 11) is 0. The maximum absolute atomic E-state index is 13.0. The summed E-state index contributed by atoms with van der Waals surface area (Å²) in [6.45, 7) is 10.4. The number of carbonyl (C=O) groups excluding carboxylic acids is 3. The lowest BCUT2D eigenvalue weighted by Gasteiger charge is -2.51. The van der Waals surface area contributed by atoms with E-state index in [0.29, 0.717) is 24.8 Å². The van der Waals surface area contributed by atoms with Crippen molar-refractivity contribution in [3.05, 3.63) is 11.6 Å². The number of ketones is 1. The second kappa shape index (κ2) is 7.51. The Morgan fingerprint density at radius 3 is 2.41 bits per heavy atom. The van der Waals surface area contributed by atoms with Crippen molar-refractivity contribution < 1.29 is 33.3 Å². The second-order valence-electron chi connectivity index (χ2n) is 9.22. The first kappa shape index (κ1) is 22.0. The minimum Gasteiger partial charge on any atom is -0.463 e. The second-order valence-corrected chi connectivity index (χ2v) is 9.22. The van der Waals surface area contributed by atoms with Crippen LogP contribution in [0, 0.1) is 5.92 Å². The quantitative estimate of drug-likeness (QED) is 0.392. The van der Waals surface area contributed by atoms with Crippen LogP contribution in [0.15, 0.2) is 11.6 Å². The fraction of sp³-hybridized carbons (Fsp3) is 0.773. The number of rotatable bonds is 5. The lowest BCUT2D eigenvalue weighted by molar-refractivity contribution is -0.258. The Morgan fingerprint density at radius 1 is 1.14 bits per heavy atom. The van der Waals surface area contributed by atoms with Crippen LogP contribution < -0.4 is 0 Å². The van der Waals surface area contributed by atoms with E-state index in [-0.39, 0.29) is 30.0 Å². The summed E-state index contributed by atoms with van der Waals surface area (Å²) in [6.07, 6.45) is 3.33. The van der Waals surface area contributed by atoms with Crippen LogP contribution in [0.4, 0.5) is 0 Å². The SMILES string of the molecule is CC=C(C)C(=O)OC1CCC(C)(C2CCC3(C)OC3C2=O)OC1(C)COC(C)=O. The van der Waals surface area contributed by atoms with Crippen LogP contribution in [0.5, 0.6) is 0 Å². The van der Waals surface area contributed by atoms with Crippen molar-refractivity contribution in [3.8, 4) is 0 Å². The molecule has 2 saturated heterocycles. The minimum atomic E-state index is -1.05. The lowest BCUT2D eigenvalue weighted by atomic mass is 9.69. The number of ether oxygens (including phenoxy) is 4. The molecule has 0 aromatic heterocycles. The van der Waals surface area contributed by atoms with E-state index in [2.05, 4.69) is 0 Å². The van der Waals surface area contributed by atoms with Crippen molar-refractivity contribution in [2.45, 2.75) is 96.2 Å². The molecule has 1 aliphatic carbocycles. The third kappa shape index (κ3) is 4.12. The summed E-state index contributed by atoms with van der Waals surface area (Å²) in [5.41, 5.74) is -1.60. The summed E-state index contributed by atoms with van der Waals surface area (Å²) >= 11 is 0. The van der Waals surface area contributed by atoms with Gasteiger partial charge in [0.25, 0.3) is 0 Å². The zero-order valence-corrected chi connectivity index (χ0v) is 18.2. The summed E-state index contributed by atoms with van der Waals surface area (Å²) < 4.78 is 23.1. The molecule has 0 spiro atoms. The number of allylic oxidation sites excluding steroid dienone is 1. The summed E-state index contributed by atoms with van der Waals surface area (Å²) in [6, 6.07) is 0. The van der Waals surface area contributed by atoms with E-state index in [0.717, 1.165) is 6.42 Å². The summed E-state index contributed by atoms with van der Waals surface area (Å²) in [5, 5.41) is 0. The highest BCUT2D eigenvalue weighted by molar-refractivity contribution is 5.91. The van der Waals surface area contributed by atoms with Crippen molar-refractivity contribution in [1.29, 1.82) is 0 Å². The number of hydrogen-bond donors (Lipinski definition) is 0. The van der Waals surface area contributed by atoms with Crippen LogP contribution in [-0.4, -0.2) is 53.3 Å². The van der Waals surface area contributed by atoms with E-state index < -0.39 is 29.2 Å². The minimum absolute atomic E-state index is 0.0523. The molecule has 0 bridgehead atoms. The molecule has 0 radical (unpaired) electrons. The maximum atomic E-state index is 13.0. The molecule has 2 heterocycles. The van der Waals surface area contributed by atoms with Crippen molar-refractivity contribution in [2.75, 3.05) is 6.61 Å². The number of fused-ring (bicyclic) bond motifs is 1. The van der Waals surface area contributed by atoms with E-state index in [4.69, 9.17) is 18.9 Å². The van der Waals surface area contributed by atoms with Gasteiger partial charge in [-0.15, -0.1) is 0 Å². The highest BCUT2D eigenvalue weighted by Crippen LogP contribution is 2.53. The van der Waals surface area contributed by atoms with Crippen molar-refractivity contribution in [2.24, 2.45) is 5.92 Å². The van der Waals surface area contributed by atoms with Gasteiger partial charge in [-0.1, -0.05) is 6.08 Å². The van der Waals surface area contributed by atoms with E-state index >= 15 is 0 Å². The highest BCUT2D eigenvalue weighted by atomic mass is 16.6. The van der Waals surface area contributed by atoms with E-state index in [9.17, 15) is 14.4 Å². The predicted molar refractivity (Wildman–Crippen MR) is 104 cm³/mol. The van der Waals surface area contributed by atoms with Crippen LogP contribution in [0.2, 0.25) is 0 Å². The average molecular weight is 408 g/mol. The highest BCUT2D eigenvalue weighted by Gasteiger charge is 2.65. The molecular formula is C22H32O7. The van der Waals surface area contributed by atoms with E-state index in [1.165, 1.54) is 6.92 Å². The van der Waals surface area contributed by atoms with Crippen molar-refractivity contribution in [3.63, 3.8) is 0 Å². The van der Waals surface area contributed by atoms with Gasteiger partial charge in [-0.05, 0) is 60.3 Å². The van der Waals surface area contributed by atoms with Gasteiger partial charge in [0.05, 0.1) is 11.2 Å². The van der Waals surface area contributed by atoms with Gasteiger partial charge in [-0.3, -0.25) is 9.59 Å². The van der Waals surface area contributed by atoms with Gasteiger partial charge in [-0.25, -0.2) is 4.79 Å². The lowest BCUT2D eigenvalue weighted by Crippen LogP contribution is -2.61. The molecule has 7 heteroatoms. The first-order chi connectivity index (χ1) is 13.4. The normalized spacial score (nSPS) is 42.1. The zero-order chi connectivity index (χ0) is 21.6. The number of carbonyl (C=O) groups is 3. The maximum Gasteiger partial charge on any atom is 0.333 e. The molecule has 0 amide bonds. The molecule has 3 rings (SSSR count). The molecule has 3 fully saturated rings. The topological polar surface area (TPSA) is 91.4 Å². The van der Waals surface area contributed by atoms with Gasteiger partial charge in [0.1, 0.15) is 24.4 Å². The molecule has 7 nitrogen and oxygen atoms in total. The molecule has 1 saturated carbocycles. The van der Waals surface area contributed by atoms with Gasteiger partial charge >= 0.3 is 11.9 Å². The number of Topliss-reactive ketones (excluding diaryl/α,β-unsaturated/α-hetero) is 1. The molecule has 0 N–H and O–H groups in total. The number of epoxide rings is 1. The van der Waals surface area contributed by atoms with Crippen LogP contribution in [0.3, 0.4) is 0 Å². The van der Waals surface area contributed by atoms with E-state index in [1.807, 2.05) is 13.8 Å². The van der Waals surface area contributed by atoms with E-state index in [1.54, 1.807) is 26.8 Å². The van der Waals surface area contributed by atoms with Crippen molar-refractivity contribution in [1.82, 2.24) is 0 Å². The standard InChI is InChI=1S/C22H32O7/c1-7-13(2)19(25)27-16-9-11-20(4,29-22(16,6)12-26-14(3)23)15-8-10-21(5)18(28-21)17(15)24/h7,15-16,18H,8-12H2,1-6H3. The molecule has 0 aromatic carbocycles. The molecule has 0 aromatic rings. The molecule has 6 atom stereocenters. The third-order valence-electron chi connectivity index (χ3n) is 6.77. The van der Waals surface area contributed by atoms with Gasteiger partial charge in [0, 0.05) is 18.4 Å². The largest absolute Gasteiger partial charge is 0.463 e. The average Bonchev–Trinajstić information content (AvgIpc) is 3.35. The Balaban J connectivity index is 1.80. The Morgan fingerprint density at radius 2 is 1.79 bits per heavy atom. The molecule has 29 heavy (non-hydrogen) atoms.